The zero-order valence-corrected chi connectivity index (χ0v) is 13.7. The highest BCUT2D eigenvalue weighted by molar-refractivity contribution is 4.96. The molecule has 3 rings (SSSR count). The van der Waals surface area contributed by atoms with E-state index in [4.69, 9.17) is 0 Å². The maximum Gasteiger partial charge on any atom is 0.0249 e. The van der Waals surface area contributed by atoms with Gasteiger partial charge in [-0.2, -0.15) is 0 Å². The monoisotopic (exact) mass is 278 g/mol. The Morgan fingerprint density at radius 2 is 1.85 bits per heavy atom. The second kappa shape index (κ2) is 6.36. The van der Waals surface area contributed by atoms with Crippen molar-refractivity contribution < 1.29 is 0 Å². The minimum Gasteiger partial charge on any atom is -0.312 e. The number of hydrogen-bond acceptors (Lipinski definition) is 2. The van der Waals surface area contributed by atoms with Crippen LogP contribution in [0, 0.1) is 11.3 Å². The Morgan fingerprint density at radius 3 is 2.60 bits per heavy atom. The average molecular weight is 278 g/mol. The van der Waals surface area contributed by atoms with E-state index in [1.165, 1.54) is 77.4 Å². The molecule has 1 N–H and O–H groups in total. The molecule has 2 heterocycles. The predicted octanol–water partition coefficient (Wildman–Crippen LogP) is 3.81. The van der Waals surface area contributed by atoms with Gasteiger partial charge in [0.25, 0.3) is 0 Å². The van der Waals surface area contributed by atoms with Crippen LogP contribution in [0.4, 0.5) is 0 Å². The molecule has 0 radical (unpaired) electrons. The van der Waals surface area contributed by atoms with Crippen LogP contribution in [0.25, 0.3) is 0 Å². The minimum absolute atomic E-state index is 0.635. The van der Waals surface area contributed by atoms with Crippen molar-refractivity contribution in [3.63, 3.8) is 0 Å². The molecule has 3 aliphatic rings. The standard InChI is InChI=1S/C18H34N2/c1-15(2)13-18(9-4-5-10-18)14-19-16-8-12-20-11-6-3-7-17(16)20/h15-17,19H,3-14H2,1-2H3. The summed E-state index contributed by atoms with van der Waals surface area (Å²) in [6.45, 7) is 8.80. The van der Waals surface area contributed by atoms with Gasteiger partial charge in [-0.15, -0.1) is 0 Å². The number of rotatable bonds is 5. The highest BCUT2D eigenvalue weighted by atomic mass is 15.2. The third-order valence-electron chi connectivity index (χ3n) is 6.10. The Hall–Kier alpha value is -0.0800. The Kier molecular flexibility index (Phi) is 4.72. The molecule has 20 heavy (non-hydrogen) atoms. The number of nitrogens with one attached hydrogen (secondary N) is 1. The van der Waals surface area contributed by atoms with Crippen LogP contribution in [-0.2, 0) is 0 Å². The Morgan fingerprint density at radius 1 is 1.05 bits per heavy atom. The topological polar surface area (TPSA) is 15.3 Å². The first-order valence-corrected chi connectivity index (χ1v) is 9.16. The van der Waals surface area contributed by atoms with Gasteiger partial charge < -0.3 is 5.32 Å². The summed E-state index contributed by atoms with van der Waals surface area (Å²) in [4.78, 5) is 2.75. The van der Waals surface area contributed by atoms with Gasteiger partial charge in [-0.1, -0.05) is 33.1 Å². The van der Waals surface area contributed by atoms with Crippen molar-refractivity contribution in [2.24, 2.45) is 11.3 Å². The molecule has 2 atom stereocenters. The van der Waals surface area contributed by atoms with Crippen molar-refractivity contribution in [1.82, 2.24) is 10.2 Å². The molecular weight excluding hydrogens is 244 g/mol. The van der Waals surface area contributed by atoms with Crippen LogP contribution in [0.5, 0.6) is 0 Å². The number of hydrogen-bond donors (Lipinski definition) is 1. The molecule has 2 nitrogen and oxygen atoms in total. The lowest BCUT2D eigenvalue weighted by molar-refractivity contribution is 0.164. The predicted molar refractivity (Wildman–Crippen MR) is 86.0 cm³/mol. The molecule has 116 valence electrons. The van der Waals surface area contributed by atoms with E-state index < -0.39 is 0 Å². The van der Waals surface area contributed by atoms with Gasteiger partial charge in [0.2, 0.25) is 0 Å². The van der Waals surface area contributed by atoms with Crippen molar-refractivity contribution in [2.75, 3.05) is 19.6 Å². The summed E-state index contributed by atoms with van der Waals surface area (Å²) in [5.41, 5.74) is 0.635. The average Bonchev–Trinajstić information content (AvgIpc) is 3.03. The molecule has 0 aromatic rings. The van der Waals surface area contributed by atoms with E-state index in [1.54, 1.807) is 0 Å². The van der Waals surface area contributed by atoms with Gasteiger partial charge in [-0.05, 0) is 56.4 Å². The van der Waals surface area contributed by atoms with Crippen LogP contribution in [0.1, 0.15) is 71.6 Å². The maximum atomic E-state index is 4.03. The van der Waals surface area contributed by atoms with Crippen molar-refractivity contribution in [3.05, 3.63) is 0 Å². The molecule has 0 aromatic carbocycles. The van der Waals surface area contributed by atoms with E-state index in [0.717, 1.165) is 18.0 Å². The molecule has 0 spiro atoms. The van der Waals surface area contributed by atoms with Crippen molar-refractivity contribution in [2.45, 2.75) is 83.7 Å². The number of piperidine rings is 1. The fraction of sp³-hybridized carbons (Fsp3) is 1.00. The number of nitrogens with zero attached hydrogens (tertiary/aromatic N) is 1. The normalized spacial score (nSPS) is 33.8. The SMILES string of the molecule is CC(C)CC1(CNC2CCN3CCCCC23)CCCC1. The van der Waals surface area contributed by atoms with E-state index in [1.807, 2.05) is 0 Å². The molecule has 0 bridgehead atoms. The maximum absolute atomic E-state index is 4.03. The van der Waals surface area contributed by atoms with Gasteiger partial charge in [0.15, 0.2) is 0 Å². The fourth-order valence-corrected chi connectivity index (χ4v) is 5.28. The van der Waals surface area contributed by atoms with E-state index in [0.29, 0.717) is 5.41 Å². The highest BCUT2D eigenvalue weighted by Crippen LogP contribution is 2.43. The van der Waals surface area contributed by atoms with E-state index in [-0.39, 0.29) is 0 Å². The quantitative estimate of drug-likeness (QED) is 0.822. The van der Waals surface area contributed by atoms with Crippen molar-refractivity contribution in [3.8, 4) is 0 Å². The molecule has 2 heteroatoms. The van der Waals surface area contributed by atoms with Gasteiger partial charge >= 0.3 is 0 Å². The van der Waals surface area contributed by atoms with Gasteiger partial charge in [-0.3, -0.25) is 4.90 Å². The van der Waals surface area contributed by atoms with Crippen molar-refractivity contribution >= 4 is 0 Å². The first-order valence-electron chi connectivity index (χ1n) is 9.16. The van der Waals surface area contributed by atoms with Crippen molar-refractivity contribution in [1.29, 1.82) is 0 Å². The van der Waals surface area contributed by atoms with Gasteiger partial charge in [0.05, 0.1) is 0 Å². The highest BCUT2D eigenvalue weighted by Gasteiger charge is 2.38. The Balaban J connectivity index is 1.55. The summed E-state index contributed by atoms with van der Waals surface area (Å²) in [5.74, 6) is 0.852. The Bertz CT molecular complexity index is 307. The van der Waals surface area contributed by atoms with Crippen LogP contribution in [-0.4, -0.2) is 36.6 Å². The zero-order valence-electron chi connectivity index (χ0n) is 13.7. The molecule has 0 amide bonds. The largest absolute Gasteiger partial charge is 0.312 e. The number of fused-ring (bicyclic) bond motifs is 1. The lowest BCUT2D eigenvalue weighted by Crippen LogP contribution is -2.47. The molecular formula is C18H34N2. The molecule has 1 saturated carbocycles. The zero-order chi connectivity index (χ0) is 14.0. The second-order valence-electron chi connectivity index (χ2n) is 8.18. The molecule has 2 unspecified atom stereocenters. The molecule has 2 aliphatic heterocycles. The first-order chi connectivity index (χ1) is 9.69. The molecule has 2 saturated heterocycles. The summed E-state index contributed by atoms with van der Waals surface area (Å²) in [6.07, 6.45) is 13.0. The Labute approximate surface area is 125 Å². The smallest absolute Gasteiger partial charge is 0.0249 e. The lowest BCUT2D eigenvalue weighted by atomic mass is 9.78. The lowest BCUT2D eigenvalue weighted by Gasteiger charge is -2.36. The summed E-state index contributed by atoms with van der Waals surface area (Å²) >= 11 is 0. The van der Waals surface area contributed by atoms with Gasteiger partial charge in [-0.25, -0.2) is 0 Å². The van der Waals surface area contributed by atoms with E-state index in [2.05, 4.69) is 24.1 Å². The summed E-state index contributed by atoms with van der Waals surface area (Å²) < 4.78 is 0. The molecule has 1 aliphatic carbocycles. The van der Waals surface area contributed by atoms with Crippen LogP contribution in [0.15, 0.2) is 0 Å². The van der Waals surface area contributed by atoms with E-state index >= 15 is 0 Å². The first kappa shape index (κ1) is 14.8. The van der Waals surface area contributed by atoms with Gasteiger partial charge in [0.1, 0.15) is 0 Å². The van der Waals surface area contributed by atoms with Gasteiger partial charge in [0, 0.05) is 25.2 Å². The van der Waals surface area contributed by atoms with Crippen LogP contribution >= 0.6 is 0 Å². The van der Waals surface area contributed by atoms with E-state index in [9.17, 15) is 0 Å². The third kappa shape index (κ3) is 3.22. The van der Waals surface area contributed by atoms with Crippen LogP contribution in [0.3, 0.4) is 0 Å². The second-order valence-corrected chi connectivity index (χ2v) is 8.18. The third-order valence-corrected chi connectivity index (χ3v) is 6.10. The van der Waals surface area contributed by atoms with Crippen LogP contribution in [0.2, 0.25) is 0 Å². The molecule has 3 fully saturated rings. The summed E-state index contributed by atoms with van der Waals surface area (Å²) in [5, 5.41) is 4.03. The van der Waals surface area contributed by atoms with Crippen LogP contribution < -0.4 is 5.32 Å². The summed E-state index contributed by atoms with van der Waals surface area (Å²) in [6, 6.07) is 1.65. The summed E-state index contributed by atoms with van der Waals surface area (Å²) in [7, 11) is 0. The minimum atomic E-state index is 0.635. The molecule has 0 aromatic heterocycles. The fourth-order valence-electron chi connectivity index (χ4n) is 5.28.